The molecule has 1 saturated carbocycles. The zero-order chi connectivity index (χ0) is 18.2. The molecule has 4 heteroatoms. The first-order valence-corrected chi connectivity index (χ1v) is 9.57. The Morgan fingerprint density at radius 1 is 1.24 bits per heavy atom. The Morgan fingerprint density at radius 3 is 2.72 bits per heavy atom. The standard InChI is InChI=1S/C21H32O4/c1-14-3-6-17(23)11-15(14)4-5-16-12-18(24)13-20(2)19(16)7-8-21(20,25)9-10-22/h4-5,12,17-19,22-25H,3,6-11,13H2,1-2H3/t17-,18-,19-,20-,21-/m0/s1. The number of rotatable bonds is 4. The molecule has 0 unspecified atom stereocenters. The van der Waals surface area contributed by atoms with Gasteiger partial charge in [-0.3, -0.25) is 0 Å². The van der Waals surface area contributed by atoms with Crippen LogP contribution in [0.1, 0.15) is 58.8 Å². The van der Waals surface area contributed by atoms with E-state index in [1.807, 2.05) is 6.08 Å². The van der Waals surface area contributed by atoms with Crippen LogP contribution in [-0.4, -0.2) is 44.8 Å². The van der Waals surface area contributed by atoms with E-state index < -0.39 is 17.1 Å². The highest BCUT2D eigenvalue weighted by molar-refractivity contribution is 5.38. The van der Waals surface area contributed by atoms with Gasteiger partial charge in [0.05, 0.1) is 17.8 Å². The van der Waals surface area contributed by atoms with E-state index in [1.165, 1.54) is 11.1 Å². The minimum absolute atomic E-state index is 0.0340. The van der Waals surface area contributed by atoms with Crippen molar-refractivity contribution in [2.24, 2.45) is 11.3 Å². The van der Waals surface area contributed by atoms with Gasteiger partial charge in [0.1, 0.15) is 0 Å². The summed E-state index contributed by atoms with van der Waals surface area (Å²) in [6, 6.07) is 0. The van der Waals surface area contributed by atoms with Crippen LogP contribution < -0.4 is 0 Å². The fraction of sp³-hybridized carbons (Fsp3) is 0.714. The van der Waals surface area contributed by atoms with Crippen LogP contribution in [0.25, 0.3) is 0 Å². The van der Waals surface area contributed by atoms with Crippen molar-refractivity contribution < 1.29 is 20.4 Å². The summed E-state index contributed by atoms with van der Waals surface area (Å²) in [5.41, 5.74) is 2.25. The average Bonchev–Trinajstić information content (AvgIpc) is 2.79. The predicted molar refractivity (Wildman–Crippen MR) is 97.9 cm³/mol. The van der Waals surface area contributed by atoms with Crippen LogP contribution in [0.2, 0.25) is 0 Å². The van der Waals surface area contributed by atoms with E-state index in [-0.39, 0.29) is 18.6 Å². The van der Waals surface area contributed by atoms with Gasteiger partial charge >= 0.3 is 0 Å². The van der Waals surface area contributed by atoms with Crippen molar-refractivity contribution >= 4 is 0 Å². The van der Waals surface area contributed by atoms with E-state index in [0.29, 0.717) is 25.7 Å². The predicted octanol–water partition coefficient (Wildman–Crippen LogP) is 2.62. The first-order valence-electron chi connectivity index (χ1n) is 9.57. The zero-order valence-corrected chi connectivity index (χ0v) is 15.4. The lowest BCUT2D eigenvalue weighted by molar-refractivity contribution is -0.0968. The van der Waals surface area contributed by atoms with Crippen molar-refractivity contribution in [1.82, 2.24) is 0 Å². The summed E-state index contributed by atoms with van der Waals surface area (Å²) in [4.78, 5) is 0. The Morgan fingerprint density at radius 2 is 2.00 bits per heavy atom. The summed E-state index contributed by atoms with van der Waals surface area (Å²) in [5, 5.41) is 40.8. The second-order valence-electron chi connectivity index (χ2n) is 8.49. The van der Waals surface area contributed by atoms with Crippen molar-refractivity contribution in [3.05, 3.63) is 34.9 Å². The number of hydrogen-bond acceptors (Lipinski definition) is 4. The van der Waals surface area contributed by atoms with Gasteiger partial charge in [-0.2, -0.15) is 0 Å². The second kappa shape index (κ2) is 6.99. The van der Waals surface area contributed by atoms with Gasteiger partial charge in [0, 0.05) is 12.0 Å². The van der Waals surface area contributed by atoms with E-state index in [4.69, 9.17) is 0 Å². The van der Waals surface area contributed by atoms with E-state index >= 15 is 0 Å². The molecule has 0 aromatic carbocycles. The van der Waals surface area contributed by atoms with Crippen LogP contribution in [0.15, 0.2) is 34.9 Å². The van der Waals surface area contributed by atoms with Gasteiger partial charge in [-0.15, -0.1) is 0 Å². The Labute approximate surface area is 150 Å². The monoisotopic (exact) mass is 348 g/mol. The maximum absolute atomic E-state index is 11.1. The quantitative estimate of drug-likeness (QED) is 0.630. The number of allylic oxidation sites excluding steroid dienone is 4. The summed E-state index contributed by atoms with van der Waals surface area (Å²) in [5.74, 6) is 0.193. The van der Waals surface area contributed by atoms with Crippen LogP contribution >= 0.6 is 0 Å². The van der Waals surface area contributed by atoms with E-state index in [2.05, 4.69) is 26.0 Å². The summed E-state index contributed by atoms with van der Waals surface area (Å²) in [6.45, 7) is 4.14. The lowest BCUT2D eigenvalue weighted by Crippen LogP contribution is -2.49. The topological polar surface area (TPSA) is 80.9 Å². The van der Waals surface area contributed by atoms with Gasteiger partial charge in [-0.1, -0.05) is 30.7 Å². The molecule has 140 valence electrons. The van der Waals surface area contributed by atoms with Gasteiger partial charge in [-0.25, -0.2) is 0 Å². The molecule has 0 radical (unpaired) electrons. The molecular formula is C21H32O4. The number of fused-ring (bicyclic) bond motifs is 1. The zero-order valence-electron chi connectivity index (χ0n) is 15.4. The molecule has 3 aliphatic rings. The van der Waals surface area contributed by atoms with Crippen molar-refractivity contribution in [3.63, 3.8) is 0 Å². The molecule has 3 aliphatic carbocycles. The third kappa shape index (κ3) is 3.37. The number of aliphatic hydroxyl groups excluding tert-OH is 3. The number of hydrogen-bond donors (Lipinski definition) is 4. The Balaban J connectivity index is 1.86. The van der Waals surface area contributed by atoms with Crippen LogP contribution in [0.3, 0.4) is 0 Å². The molecule has 0 aromatic rings. The van der Waals surface area contributed by atoms with Crippen LogP contribution in [0.4, 0.5) is 0 Å². The molecule has 0 aliphatic heterocycles. The molecule has 0 bridgehead atoms. The molecule has 4 nitrogen and oxygen atoms in total. The Bertz CT molecular complexity index is 605. The lowest BCUT2D eigenvalue weighted by atomic mass is 9.61. The molecular weight excluding hydrogens is 316 g/mol. The van der Waals surface area contributed by atoms with E-state index in [0.717, 1.165) is 24.8 Å². The Kier molecular flexibility index (Phi) is 5.27. The third-order valence-corrected chi connectivity index (χ3v) is 6.96. The highest BCUT2D eigenvalue weighted by Gasteiger charge is 2.58. The van der Waals surface area contributed by atoms with Crippen LogP contribution in [0, 0.1) is 11.3 Å². The largest absolute Gasteiger partial charge is 0.396 e. The van der Waals surface area contributed by atoms with Crippen molar-refractivity contribution in [2.45, 2.75) is 76.6 Å². The molecule has 25 heavy (non-hydrogen) atoms. The minimum atomic E-state index is -0.920. The Hall–Kier alpha value is -0.940. The molecule has 3 rings (SSSR count). The van der Waals surface area contributed by atoms with Gasteiger partial charge in [0.2, 0.25) is 0 Å². The highest BCUT2D eigenvalue weighted by Crippen LogP contribution is 2.59. The van der Waals surface area contributed by atoms with Crippen molar-refractivity contribution in [2.75, 3.05) is 6.61 Å². The van der Waals surface area contributed by atoms with Gasteiger partial charge < -0.3 is 20.4 Å². The second-order valence-corrected chi connectivity index (χ2v) is 8.49. The van der Waals surface area contributed by atoms with Gasteiger partial charge in [0.15, 0.2) is 0 Å². The fourth-order valence-corrected chi connectivity index (χ4v) is 5.26. The normalized spacial score (nSPS) is 42.0. The van der Waals surface area contributed by atoms with Crippen molar-refractivity contribution in [1.29, 1.82) is 0 Å². The lowest BCUT2D eigenvalue weighted by Gasteiger charge is -2.47. The minimum Gasteiger partial charge on any atom is -0.396 e. The molecule has 0 spiro atoms. The maximum Gasteiger partial charge on any atom is 0.0733 e. The SMILES string of the molecule is CC1=C(C=CC2=C[C@H](O)C[C@@]3(C)[C@H]2CC[C@]3(O)CCO)C[C@@H](O)CC1. The summed E-state index contributed by atoms with van der Waals surface area (Å²) in [6.07, 6.45) is 10.1. The van der Waals surface area contributed by atoms with Gasteiger partial charge in [-0.05, 0) is 68.9 Å². The highest BCUT2D eigenvalue weighted by atomic mass is 16.3. The average molecular weight is 348 g/mol. The summed E-state index contributed by atoms with van der Waals surface area (Å²) in [7, 11) is 0. The molecule has 0 heterocycles. The summed E-state index contributed by atoms with van der Waals surface area (Å²) < 4.78 is 0. The van der Waals surface area contributed by atoms with Crippen LogP contribution in [0.5, 0.6) is 0 Å². The smallest absolute Gasteiger partial charge is 0.0733 e. The molecule has 0 aromatic heterocycles. The molecule has 1 fully saturated rings. The van der Waals surface area contributed by atoms with E-state index in [1.54, 1.807) is 0 Å². The molecule has 5 atom stereocenters. The number of aliphatic hydroxyl groups is 4. The maximum atomic E-state index is 11.1. The first kappa shape index (κ1) is 18.8. The molecule has 4 N–H and O–H groups in total. The fourth-order valence-electron chi connectivity index (χ4n) is 5.26. The summed E-state index contributed by atoms with van der Waals surface area (Å²) >= 11 is 0. The van der Waals surface area contributed by atoms with Gasteiger partial charge in [0.25, 0.3) is 0 Å². The first-order chi connectivity index (χ1) is 11.8. The van der Waals surface area contributed by atoms with E-state index in [9.17, 15) is 20.4 Å². The van der Waals surface area contributed by atoms with Crippen LogP contribution in [-0.2, 0) is 0 Å². The third-order valence-electron chi connectivity index (χ3n) is 6.96. The molecule has 0 saturated heterocycles. The van der Waals surface area contributed by atoms with Crippen molar-refractivity contribution in [3.8, 4) is 0 Å². The molecule has 0 amide bonds.